The molecule has 80 valence electrons. The topological polar surface area (TPSA) is 49.3 Å². The predicted molar refractivity (Wildman–Crippen MR) is 59.2 cm³/mol. The van der Waals surface area contributed by atoms with Crippen molar-refractivity contribution in [3.05, 3.63) is 29.8 Å². The van der Waals surface area contributed by atoms with Crippen LogP contribution in [0.2, 0.25) is 0 Å². The largest absolute Gasteiger partial charge is 0.478 e. The molecule has 3 heteroatoms. The fourth-order valence-corrected chi connectivity index (χ4v) is 1.72. The van der Waals surface area contributed by atoms with Gasteiger partial charge in [-0.2, -0.15) is 0 Å². The molecular formula is C12H15NO2. The molecule has 1 fully saturated rings. The summed E-state index contributed by atoms with van der Waals surface area (Å²) in [5, 5.41) is 12.1. The summed E-state index contributed by atoms with van der Waals surface area (Å²) in [6, 6.07) is 6.97. The zero-order chi connectivity index (χ0) is 10.7. The summed E-state index contributed by atoms with van der Waals surface area (Å²) in [6.07, 6.45) is 3.93. The average molecular weight is 205 g/mol. The van der Waals surface area contributed by atoms with Crippen LogP contribution in [0.1, 0.15) is 29.6 Å². The number of hydrogen-bond acceptors (Lipinski definition) is 2. The summed E-state index contributed by atoms with van der Waals surface area (Å²) < 4.78 is 0. The summed E-state index contributed by atoms with van der Waals surface area (Å²) in [7, 11) is 0. The lowest BCUT2D eigenvalue weighted by atomic mass is 9.85. The van der Waals surface area contributed by atoms with Crippen LogP contribution in [-0.2, 0) is 0 Å². The summed E-state index contributed by atoms with van der Waals surface area (Å²) in [6.45, 7) is 0.961. The highest BCUT2D eigenvalue weighted by Crippen LogP contribution is 2.26. The van der Waals surface area contributed by atoms with Gasteiger partial charge in [-0.1, -0.05) is 12.5 Å². The van der Waals surface area contributed by atoms with Crippen molar-refractivity contribution in [1.82, 2.24) is 0 Å². The smallest absolute Gasteiger partial charge is 0.335 e. The van der Waals surface area contributed by atoms with Gasteiger partial charge in [0.15, 0.2) is 0 Å². The van der Waals surface area contributed by atoms with E-state index in [1.165, 1.54) is 19.3 Å². The van der Waals surface area contributed by atoms with Gasteiger partial charge in [0, 0.05) is 12.2 Å². The van der Waals surface area contributed by atoms with Crippen molar-refractivity contribution in [1.29, 1.82) is 0 Å². The molecule has 15 heavy (non-hydrogen) atoms. The van der Waals surface area contributed by atoms with Crippen LogP contribution < -0.4 is 5.32 Å². The second-order valence-electron chi connectivity index (χ2n) is 4.06. The lowest BCUT2D eigenvalue weighted by Crippen LogP contribution is -2.20. The number of nitrogens with one attached hydrogen (secondary N) is 1. The highest BCUT2D eigenvalue weighted by atomic mass is 16.4. The molecule has 0 amide bonds. The zero-order valence-corrected chi connectivity index (χ0v) is 8.57. The number of carboxylic acid groups (broad SMARTS) is 1. The molecule has 0 bridgehead atoms. The average Bonchev–Trinajstić information content (AvgIpc) is 2.16. The molecule has 0 radical (unpaired) electrons. The maximum Gasteiger partial charge on any atom is 0.335 e. The molecule has 3 nitrogen and oxygen atoms in total. The van der Waals surface area contributed by atoms with Gasteiger partial charge in [0.1, 0.15) is 0 Å². The maximum absolute atomic E-state index is 10.7. The Labute approximate surface area is 89.1 Å². The Bertz CT molecular complexity index is 358. The number of benzene rings is 1. The molecule has 1 aliphatic rings. The van der Waals surface area contributed by atoms with Crippen molar-refractivity contribution in [3.8, 4) is 0 Å². The van der Waals surface area contributed by atoms with E-state index in [2.05, 4.69) is 5.32 Å². The van der Waals surface area contributed by atoms with Gasteiger partial charge in [0.05, 0.1) is 5.56 Å². The number of anilines is 1. The molecule has 0 heterocycles. The number of hydrogen-bond donors (Lipinski definition) is 2. The molecule has 0 saturated heterocycles. The van der Waals surface area contributed by atoms with Crippen molar-refractivity contribution in [2.45, 2.75) is 19.3 Å². The Balaban J connectivity index is 1.94. The van der Waals surface area contributed by atoms with Crippen LogP contribution in [0.3, 0.4) is 0 Å². The normalized spacial score (nSPS) is 15.7. The van der Waals surface area contributed by atoms with Gasteiger partial charge >= 0.3 is 5.97 Å². The molecule has 0 unspecified atom stereocenters. The van der Waals surface area contributed by atoms with Gasteiger partial charge in [-0.25, -0.2) is 4.79 Å². The van der Waals surface area contributed by atoms with Crippen molar-refractivity contribution in [3.63, 3.8) is 0 Å². The van der Waals surface area contributed by atoms with Crippen LogP contribution in [0, 0.1) is 5.92 Å². The minimum atomic E-state index is -0.873. The SMILES string of the molecule is O=C(O)c1cccc(NCC2CCC2)c1. The maximum atomic E-state index is 10.7. The highest BCUT2D eigenvalue weighted by molar-refractivity contribution is 5.88. The molecule has 0 aromatic heterocycles. The van der Waals surface area contributed by atoms with E-state index in [1.54, 1.807) is 18.2 Å². The molecule has 1 saturated carbocycles. The van der Waals surface area contributed by atoms with Crippen LogP contribution in [-0.4, -0.2) is 17.6 Å². The summed E-state index contributed by atoms with van der Waals surface area (Å²) in [5.74, 6) is -0.0965. The first-order chi connectivity index (χ1) is 7.25. The number of carboxylic acids is 1. The van der Waals surface area contributed by atoms with Gasteiger partial charge in [-0.05, 0) is 37.0 Å². The van der Waals surface area contributed by atoms with Gasteiger partial charge in [-0.15, -0.1) is 0 Å². The lowest BCUT2D eigenvalue weighted by molar-refractivity contribution is 0.0697. The van der Waals surface area contributed by atoms with E-state index < -0.39 is 5.97 Å². The van der Waals surface area contributed by atoms with E-state index in [0.29, 0.717) is 5.56 Å². The molecule has 1 aliphatic carbocycles. The summed E-state index contributed by atoms with van der Waals surface area (Å²) in [4.78, 5) is 10.7. The van der Waals surface area contributed by atoms with E-state index in [-0.39, 0.29) is 0 Å². The van der Waals surface area contributed by atoms with Crippen molar-refractivity contribution in [2.24, 2.45) is 5.92 Å². The first kappa shape index (κ1) is 10.0. The van der Waals surface area contributed by atoms with Crippen LogP contribution >= 0.6 is 0 Å². The van der Waals surface area contributed by atoms with Gasteiger partial charge < -0.3 is 10.4 Å². The Hall–Kier alpha value is -1.51. The molecule has 1 aromatic rings. The van der Waals surface area contributed by atoms with Crippen molar-refractivity contribution < 1.29 is 9.90 Å². The van der Waals surface area contributed by atoms with Crippen LogP contribution in [0.5, 0.6) is 0 Å². The molecule has 1 aromatic carbocycles. The highest BCUT2D eigenvalue weighted by Gasteiger charge is 2.16. The third kappa shape index (κ3) is 2.49. The van der Waals surface area contributed by atoms with Crippen molar-refractivity contribution >= 4 is 11.7 Å². The zero-order valence-electron chi connectivity index (χ0n) is 8.57. The summed E-state index contributed by atoms with van der Waals surface area (Å²) in [5.41, 5.74) is 1.25. The number of carbonyl (C=O) groups is 1. The molecule has 0 spiro atoms. The monoisotopic (exact) mass is 205 g/mol. The van der Waals surface area contributed by atoms with E-state index >= 15 is 0 Å². The quantitative estimate of drug-likeness (QED) is 0.794. The third-order valence-corrected chi connectivity index (χ3v) is 2.93. The van der Waals surface area contributed by atoms with E-state index in [0.717, 1.165) is 18.2 Å². The molecule has 0 atom stereocenters. The van der Waals surface area contributed by atoms with Crippen LogP contribution in [0.15, 0.2) is 24.3 Å². The molecule has 0 aliphatic heterocycles. The number of rotatable bonds is 4. The second-order valence-corrected chi connectivity index (χ2v) is 4.06. The minimum absolute atomic E-state index is 0.341. The van der Waals surface area contributed by atoms with Crippen molar-refractivity contribution in [2.75, 3.05) is 11.9 Å². The molecule has 2 rings (SSSR count). The molecular weight excluding hydrogens is 190 g/mol. The fraction of sp³-hybridized carbons (Fsp3) is 0.417. The Morgan fingerprint density at radius 1 is 1.47 bits per heavy atom. The second kappa shape index (κ2) is 4.34. The van der Waals surface area contributed by atoms with E-state index in [9.17, 15) is 4.79 Å². The first-order valence-corrected chi connectivity index (χ1v) is 5.33. The van der Waals surface area contributed by atoms with Crippen LogP contribution in [0.4, 0.5) is 5.69 Å². The minimum Gasteiger partial charge on any atom is -0.478 e. The lowest BCUT2D eigenvalue weighted by Gasteiger charge is -2.25. The van der Waals surface area contributed by atoms with Gasteiger partial charge in [0.2, 0.25) is 0 Å². The Kier molecular flexibility index (Phi) is 2.90. The third-order valence-electron chi connectivity index (χ3n) is 2.93. The summed E-state index contributed by atoms with van der Waals surface area (Å²) >= 11 is 0. The van der Waals surface area contributed by atoms with Gasteiger partial charge in [-0.3, -0.25) is 0 Å². The van der Waals surface area contributed by atoms with E-state index in [4.69, 9.17) is 5.11 Å². The standard InChI is InChI=1S/C12H15NO2/c14-12(15)10-5-2-6-11(7-10)13-8-9-3-1-4-9/h2,5-7,9,13H,1,3-4,8H2,(H,14,15). The predicted octanol–water partition coefficient (Wildman–Crippen LogP) is 2.60. The van der Waals surface area contributed by atoms with E-state index in [1.807, 2.05) is 6.07 Å². The van der Waals surface area contributed by atoms with Gasteiger partial charge in [0.25, 0.3) is 0 Å². The van der Waals surface area contributed by atoms with Crippen LogP contribution in [0.25, 0.3) is 0 Å². The Morgan fingerprint density at radius 2 is 2.27 bits per heavy atom. The Morgan fingerprint density at radius 3 is 2.87 bits per heavy atom. The fourth-order valence-electron chi connectivity index (χ4n) is 1.72. The molecule has 2 N–H and O–H groups in total. The first-order valence-electron chi connectivity index (χ1n) is 5.33. The number of aromatic carboxylic acids is 1.